The monoisotopic (exact) mass is 363 g/mol. The normalized spacial score (nSPS) is 21.8. The van der Waals surface area contributed by atoms with E-state index in [2.05, 4.69) is 27.0 Å². The molecule has 27 heavy (non-hydrogen) atoms. The Labute approximate surface area is 156 Å². The van der Waals surface area contributed by atoms with Crippen molar-refractivity contribution in [3.63, 3.8) is 0 Å². The Bertz CT molecular complexity index is 972. The average Bonchev–Trinajstić information content (AvgIpc) is 3.40. The third-order valence-electron chi connectivity index (χ3n) is 5.61. The maximum atomic E-state index is 12.6. The summed E-state index contributed by atoms with van der Waals surface area (Å²) in [6, 6.07) is 9.46. The number of rotatable bonds is 3. The van der Waals surface area contributed by atoms with Gasteiger partial charge in [-0.1, -0.05) is 13.0 Å². The van der Waals surface area contributed by atoms with Crippen molar-refractivity contribution in [1.29, 1.82) is 0 Å². The first-order chi connectivity index (χ1) is 13.2. The minimum atomic E-state index is 0.0353. The third kappa shape index (κ3) is 2.72. The summed E-state index contributed by atoms with van der Waals surface area (Å²) in [7, 11) is 0. The van der Waals surface area contributed by atoms with Crippen LogP contribution >= 0.6 is 0 Å². The fraction of sp³-hybridized carbons (Fsp3) is 0.421. The fourth-order valence-corrected chi connectivity index (χ4v) is 4.21. The molecule has 0 spiro atoms. The van der Waals surface area contributed by atoms with Gasteiger partial charge in [0.2, 0.25) is 0 Å². The molecule has 2 fully saturated rings. The van der Waals surface area contributed by atoms with Gasteiger partial charge < -0.3 is 9.80 Å². The molecule has 5 rings (SSSR count). The minimum Gasteiger partial charge on any atom is -0.354 e. The largest absolute Gasteiger partial charge is 0.354 e. The lowest BCUT2D eigenvalue weighted by Gasteiger charge is -2.22. The summed E-state index contributed by atoms with van der Waals surface area (Å²) in [6.07, 6.45) is 2.47. The van der Waals surface area contributed by atoms with Crippen LogP contribution in [-0.4, -0.2) is 61.8 Å². The van der Waals surface area contributed by atoms with Crippen LogP contribution in [0.25, 0.3) is 5.65 Å². The number of aryl methyl sites for hydroxylation is 1. The lowest BCUT2D eigenvalue weighted by Crippen LogP contribution is -2.34. The Kier molecular flexibility index (Phi) is 3.77. The molecule has 0 N–H and O–H groups in total. The zero-order valence-electron chi connectivity index (χ0n) is 15.2. The first kappa shape index (κ1) is 16.2. The van der Waals surface area contributed by atoms with Crippen LogP contribution in [0.5, 0.6) is 0 Å². The number of fused-ring (bicyclic) bond motifs is 2. The summed E-state index contributed by atoms with van der Waals surface area (Å²) >= 11 is 0. The average molecular weight is 363 g/mol. The Morgan fingerprint density at radius 3 is 2.59 bits per heavy atom. The van der Waals surface area contributed by atoms with Gasteiger partial charge in [0.1, 0.15) is 11.5 Å². The molecule has 0 bridgehead atoms. The van der Waals surface area contributed by atoms with Crippen molar-refractivity contribution in [2.45, 2.75) is 13.3 Å². The van der Waals surface area contributed by atoms with E-state index in [9.17, 15) is 4.79 Å². The second-order valence-corrected chi connectivity index (χ2v) is 7.28. The molecule has 3 aromatic heterocycles. The molecule has 0 radical (unpaired) electrons. The first-order valence-electron chi connectivity index (χ1n) is 9.39. The molecule has 0 saturated carbocycles. The van der Waals surface area contributed by atoms with Crippen molar-refractivity contribution in [3.05, 3.63) is 48.0 Å². The summed E-state index contributed by atoms with van der Waals surface area (Å²) < 4.78 is 1.83. The topological polar surface area (TPSA) is 79.5 Å². The SMILES string of the molecule is CCc1nnc2ccc(N3CC4CN(C(=O)c5ccccn5)CC4C3)nn12. The number of nitrogens with zero attached hydrogens (tertiary/aromatic N) is 7. The zero-order chi connectivity index (χ0) is 18.4. The summed E-state index contributed by atoms with van der Waals surface area (Å²) in [5.41, 5.74) is 1.31. The van der Waals surface area contributed by atoms with Crippen molar-refractivity contribution >= 4 is 17.4 Å². The molecule has 2 aliphatic heterocycles. The number of hydrogen-bond acceptors (Lipinski definition) is 6. The number of aromatic nitrogens is 5. The van der Waals surface area contributed by atoms with Gasteiger partial charge in [-0.05, 0) is 24.3 Å². The number of carbonyl (C=O) groups excluding carboxylic acids is 1. The summed E-state index contributed by atoms with van der Waals surface area (Å²) in [5, 5.41) is 13.1. The Balaban J connectivity index is 1.30. The van der Waals surface area contributed by atoms with Crippen molar-refractivity contribution < 1.29 is 4.79 Å². The van der Waals surface area contributed by atoms with Crippen molar-refractivity contribution in [2.24, 2.45) is 11.8 Å². The van der Waals surface area contributed by atoms with Gasteiger partial charge in [-0.15, -0.1) is 15.3 Å². The number of pyridine rings is 1. The molecule has 2 aliphatic rings. The molecule has 8 nitrogen and oxygen atoms in total. The molecule has 2 saturated heterocycles. The van der Waals surface area contributed by atoms with Crippen molar-refractivity contribution in [3.8, 4) is 0 Å². The molecular formula is C19H21N7O. The van der Waals surface area contributed by atoms with Gasteiger partial charge in [0.15, 0.2) is 11.5 Å². The van der Waals surface area contributed by atoms with Gasteiger partial charge in [0.05, 0.1) is 0 Å². The summed E-state index contributed by atoms with van der Waals surface area (Å²) in [4.78, 5) is 21.1. The van der Waals surface area contributed by atoms with Crippen LogP contribution in [0.4, 0.5) is 5.82 Å². The Morgan fingerprint density at radius 2 is 1.89 bits per heavy atom. The number of carbonyl (C=O) groups is 1. The van der Waals surface area contributed by atoms with E-state index in [-0.39, 0.29) is 5.91 Å². The molecular weight excluding hydrogens is 342 g/mol. The highest BCUT2D eigenvalue weighted by molar-refractivity contribution is 5.92. The number of likely N-dealkylation sites (tertiary alicyclic amines) is 1. The van der Waals surface area contributed by atoms with Crippen LogP contribution < -0.4 is 4.90 Å². The first-order valence-corrected chi connectivity index (χ1v) is 9.39. The van der Waals surface area contributed by atoms with Crippen LogP contribution in [0.2, 0.25) is 0 Å². The molecule has 0 aliphatic carbocycles. The second kappa shape index (κ2) is 6.29. The van der Waals surface area contributed by atoms with Crippen LogP contribution in [0.15, 0.2) is 36.5 Å². The van der Waals surface area contributed by atoms with E-state index in [0.717, 1.165) is 49.9 Å². The second-order valence-electron chi connectivity index (χ2n) is 7.28. The predicted octanol–water partition coefficient (Wildman–Crippen LogP) is 1.29. The van der Waals surface area contributed by atoms with Gasteiger partial charge in [-0.2, -0.15) is 4.52 Å². The van der Waals surface area contributed by atoms with Gasteiger partial charge in [-0.25, -0.2) is 0 Å². The highest BCUT2D eigenvalue weighted by atomic mass is 16.2. The molecule has 2 unspecified atom stereocenters. The number of hydrogen-bond donors (Lipinski definition) is 0. The maximum Gasteiger partial charge on any atom is 0.272 e. The molecule has 1 amide bonds. The molecule has 138 valence electrons. The fourth-order valence-electron chi connectivity index (χ4n) is 4.21. The zero-order valence-corrected chi connectivity index (χ0v) is 15.2. The van der Waals surface area contributed by atoms with E-state index in [0.29, 0.717) is 17.5 Å². The molecule has 8 heteroatoms. The van der Waals surface area contributed by atoms with Crippen LogP contribution in [0, 0.1) is 11.8 Å². The third-order valence-corrected chi connectivity index (χ3v) is 5.61. The molecule has 3 aromatic rings. The minimum absolute atomic E-state index is 0.0353. The lowest BCUT2D eigenvalue weighted by molar-refractivity contribution is 0.0777. The van der Waals surface area contributed by atoms with E-state index in [1.807, 2.05) is 33.7 Å². The Hall–Kier alpha value is -3.03. The summed E-state index contributed by atoms with van der Waals surface area (Å²) in [5.74, 6) is 2.81. The maximum absolute atomic E-state index is 12.6. The van der Waals surface area contributed by atoms with E-state index in [1.165, 1.54) is 0 Å². The van der Waals surface area contributed by atoms with E-state index < -0.39 is 0 Å². The van der Waals surface area contributed by atoms with Gasteiger partial charge >= 0.3 is 0 Å². The molecule has 5 heterocycles. The van der Waals surface area contributed by atoms with Gasteiger partial charge in [0.25, 0.3) is 5.91 Å². The lowest BCUT2D eigenvalue weighted by atomic mass is 10.0. The van der Waals surface area contributed by atoms with Gasteiger partial charge in [-0.3, -0.25) is 9.78 Å². The smallest absolute Gasteiger partial charge is 0.272 e. The molecule has 2 atom stereocenters. The van der Waals surface area contributed by atoms with Crippen molar-refractivity contribution in [2.75, 3.05) is 31.1 Å². The van der Waals surface area contributed by atoms with Gasteiger partial charge in [0, 0.05) is 50.6 Å². The quantitative estimate of drug-likeness (QED) is 0.698. The highest BCUT2D eigenvalue weighted by Crippen LogP contribution is 2.33. The van der Waals surface area contributed by atoms with E-state index in [4.69, 9.17) is 5.10 Å². The van der Waals surface area contributed by atoms with E-state index >= 15 is 0 Å². The standard InChI is InChI=1S/C19H21N7O/c1-2-16-21-22-17-6-7-18(23-26(16)17)24-9-13-11-25(12-14(13)10-24)19(27)15-5-3-4-8-20-15/h3-8,13-14H,2,9-12H2,1H3. The number of anilines is 1. The highest BCUT2D eigenvalue weighted by Gasteiger charge is 2.42. The van der Waals surface area contributed by atoms with Crippen molar-refractivity contribution in [1.82, 2.24) is 29.7 Å². The van der Waals surface area contributed by atoms with Crippen LogP contribution in [0.1, 0.15) is 23.2 Å². The summed E-state index contributed by atoms with van der Waals surface area (Å²) in [6.45, 7) is 5.45. The predicted molar refractivity (Wildman–Crippen MR) is 99.5 cm³/mol. The van der Waals surface area contributed by atoms with Crippen LogP contribution in [0.3, 0.4) is 0 Å². The Morgan fingerprint density at radius 1 is 1.07 bits per heavy atom. The molecule has 0 aromatic carbocycles. The van der Waals surface area contributed by atoms with Crippen LogP contribution in [-0.2, 0) is 6.42 Å². The number of amides is 1. The van der Waals surface area contributed by atoms with E-state index in [1.54, 1.807) is 12.3 Å².